The molecule has 0 aliphatic heterocycles. The summed E-state index contributed by atoms with van der Waals surface area (Å²) in [5, 5.41) is 3.43. The van der Waals surface area contributed by atoms with E-state index in [1.807, 2.05) is 6.92 Å². The highest BCUT2D eigenvalue weighted by Gasteiger charge is 2.30. The van der Waals surface area contributed by atoms with Gasteiger partial charge in [0.05, 0.1) is 6.54 Å². The van der Waals surface area contributed by atoms with E-state index in [4.69, 9.17) is 0 Å². The molecule has 1 aliphatic rings. The monoisotopic (exact) mass is 280 g/mol. The molecule has 1 N–H and O–H groups in total. The van der Waals surface area contributed by atoms with Crippen molar-refractivity contribution in [3.63, 3.8) is 0 Å². The highest BCUT2D eigenvalue weighted by Crippen LogP contribution is 2.18. The van der Waals surface area contributed by atoms with Crippen LogP contribution in [0.4, 0.5) is 13.2 Å². The van der Waals surface area contributed by atoms with Gasteiger partial charge < -0.3 is 5.32 Å². The minimum Gasteiger partial charge on any atom is -0.313 e. The standard InChI is InChI=1S/C14H27F3N2/c1-2-10-19(12-14(15,16)17)11-9-18-13-7-5-3-4-6-8-13/h13,18H,2-12H2,1H3. The molecule has 5 heteroatoms. The molecule has 114 valence electrons. The van der Waals surface area contributed by atoms with Gasteiger partial charge in [0.2, 0.25) is 0 Å². The van der Waals surface area contributed by atoms with Crippen LogP contribution < -0.4 is 5.32 Å². The summed E-state index contributed by atoms with van der Waals surface area (Å²) in [7, 11) is 0. The van der Waals surface area contributed by atoms with E-state index < -0.39 is 12.7 Å². The van der Waals surface area contributed by atoms with E-state index in [9.17, 15) is 13.2 Å². The van der Waals surface area contributed by atoms with Crippen molar-refractivity contribution >= 4 is 0 Å². The van der Waals surface area contributed by atoms with Gasteiger partial charge in [0.15, 0.2) is 0 Å². The van der Waals surface area contributed by atoms with Crippen molar-refractivity contribution in [3.05, 3.63) is 0 Å². The van der Waals surface area contributed by atoms with Crippen molar-refractivity contribution in [1.29, 1.82) is 0 Å². The molecule has 19 heavy (non-hydrogen) atoms. The lowest BCUT2D eigenvalue weighted by molar-refractivity contribution is -0.145. The molecular formula is C14H27F3N2. The Labute approximate surface area is 114 Å². The number of halogens is 3. The smallest absolute Gasteiger partial charge is 0.313 e. The van der Waals surface area contributed by atoms with E-state index in [2.05, 4.69) is 5.32 Å². The van der Waals surface area contributed by atoms with Gasteiger partial charge in [-0.2, -0.15) is 13.2 Å². The molecule has 0 atom stereocenters. The predicted molar refractivity (Wildman–Crippen MR) is 72.3 cm³/mol. The Morgan fingerprint density at radius 2 is 1.68 bits per heavy atom. The zero-order valence-corrected chi connectivity index (χ0v) is 11.9. The Morgan fingerprint density at radius 3 is 2.21 bits per heavy atom. The van der Waals surface area contributed by atoms with E-state index in [-0.39, 0.29) is 0 Å². The topological polar surface area (TPSA) is 15.3 Å². The van der Waals surface area contributed by atoms with Crippen LogP contribution in [0.25, 0.3) is 0 Å². The summed E-state index contributed by atoms with van der Waals surface area (Å²) in [5.41, 5.74) is 0. The third-order valence-corrected chi connectivity index (χ3v) is 3.66. The Kier molecular flexibility index (Phi) is 7.76. The highest BCUT2D eigenvalue weighted by molar-refractivity contribution is 4.72. The molecule has 0 amide bonds. The molecule has 0 heterocycles. The van der Waals surface area contributed by atoms with Crippen molar-refractivity contribution in [2.45, 2.75) is 64.1 Å². The molecule has 0 aromatic rings. The fraction of sp³-hybridized carbons (Fsp3) is 1.00. The number of rotatable bonds is 7. The van der Waals surface area contributed by atoms with Gasteiger partial charge in [-0.3, -0.25) is 4.90 Å². The number of nitrogens with zero attached hydrogens (tertiary/aromatic N) is 1. The van der Waals surface area contributed by atoms with Crippen molar-refractivity contribution in [3.8, 4) is 0 Å². The van der Waals surface area contributed by atoms with Crippen LogP contribution in [0, 0.1) is 0 Å². The van der Waals surface area contributed by atoms with Crippen LogP contribution in [0.15, 0.2) is 0 Å². The van der Waals surface area contributed by atoms with Crippen molar-refractivity contribution in [2.24, 2.45) is 0 Å². The summed E-state index contributed by atoms with van der Waals surface area (Å²) in [4.78, 5) is 1.50. The molecule has 0 saturated heterocycles. The molecule has 0 spiro atoms. The van der Waals surface area contributed by atoms with E-state index in [0.29, 0.717) is 25.7 Å². The number of hydrogen-bond donors (Lipinski definition) is 1. The third-order valence-electron chi connectivity index (χ3n) is 3.66. The summed E-state index contributed by atoms with van der Waals surface area (Å²) in [6, 6.07) is 0.511. The van der Waals surface area contributed by atoms with Gasteiger partial charge in [0.1, 0.15) is 0 Å². The molecule has 1 saturated carbocycles. The molecule has 0 aromatic carbocycles. The molecule has 1 fully saturated rings. The van der Waals surface area contributed by atoms with Gasteiger partial charge in [-0.1, -0.05) is 32.6 Å². The molecule has 0 radical (unpaired) electrons. The Balaban J connectivity index is 2.22. The molecule has 2 nitrogen and oxygen atoms in total. The quantitative estimate of drug-likeness (QED) is 0.717. The molecule has 0 unspecified atom stereocenters. The predicted octanol–water partition coefficient (Wildman–Crippen LogP) is 3.57. The van der Waals surface area contributed by atoms with Gasteiger partial charge in [-0.15, -0.1) is 0 Å². The molecule has 0 bridgehead atoms. The zero-order chi connectivity index (χ0) is 14.1. The van der Waals surface area contributed by atoms with Gasteiger partial charge >= 0.3 is 6.18 Å². The van der Waals surface area contributed by atoms with Gasteiger partial charge in [-0.25, -0.2) is 0 Å². The molecular weight excluding hydrogens is 253 g/mol. The van der Waals surface area contributed by atoms with Crippen LogP contribution in [0.2, 0.25) is 0 Å². The Morgan fingerprint density at radius 1 is 1.05 bits per heavy atom. The fourth-order valence-corrected chi connectivity index (χ4v) is 2.75. The van der Waals surface area contributed by atoms with Crippen LogP contribution >= 0.6 is 0 Å². The van der Waals surface area contributed by atoms with Crippen LogP contribution in [0.3, 0.4) is 0 Å². The summed E-state index contributed by atoms with van der Waals surface area (Å²) in [6.07, 6.45) is 4.12. The maximum atomic E-state index is 12.4. The van der Waals surface area contributed by atoms with Crippen LogP contribution in [0.5, 0.6) is 0 Å². The van der Waals surface area contributed by atoms with Crippen molar-refractivity contribution in [1.82, 2.24) is 10.2 Å². The van der Waals surface area contributed by atoms with Gasteiger partial charge in [-0.05, 0) is 25.8 Å². The second kappa shape index (κ2) is 8.80. The lowest BCUT2D eigenvalue weighted by Crippen LogP contribution is -2.41. The van der Waals surface area contributed by atoms with Crippen LogP contribution in [-0.4, -0.2) is 43.3 Å². The number of hydrogen-bond acceptors (Lipinski definition) is 2. The average Bonchev–Trinajstić information content (AvgIpc) is 2.56. The first-order valence-corrected chi connectivity index (χ1v) is 7.54. The molecule has 1 rings (SSSR count). The second-order valence-corrected chi connectivity index (χ2v) is 5.53. The van der Waals surface area contributed by atoms with Crippen molar-refractivity contribution < 1.29 is 13.2 Å². The first-order chi connectivity index (χ1) is 9.01. The minimum atomic E-state index is -4.09. The van der Waals surface area contributed by atoms with E-state index in [1.165, 1.54) is 43.4 Å². The second-order valence-electron chi connectivity index (χ2n) is 5.53. The maximum Gasteiger partial charge on any atom is 0.401 e. The largest absolute Gasteiger partial charge is 0.401 e. The summed E-state index contributed by atoms with van der Waals surface area (Å²) in [6.45, 7) is 2.81. The normalized spacial score (nSPS) is 18.8. The number of nitrogens with one attached hydrogen (secondary N) is 1. The van der Waals surface area contributed by atoms with Crippen LogP contribution in [0.1, 0.15) is 51.9 Å². The van der Waals surface area contributed by atoms with E-state index in [0.717, 1.165) is 6.42 Å². The summed E-state index contributed by atoms with van der Waals surface area (Å²) < 4.78 is 37.2. The SMILES string of the molecule is CCCN(CCNC1CCCCCC1)CC(F)(F)F. The van der Waals surface area contributed by atoms with E-state index in [1.54, 1.807) is 0 Å². The third kappa shape index (κ3) is 8.47. The summed E-state index contributed by atoms with van der Waals surface area (Å²) >= 11 is 0. The minimum absolute atomic E-state index is 0.490. The molecule has 1 aliphatic carbocycles. The van der Waals surface area contributed by atoms with Gasteiger partial charge in [0, 0.05) is 19.1 Å². The lowest BCUT2D eigenvalue weighted by atomic mass is 10.1. The van der Waals surface area contributed by atoms with Gasteiger partial charge in [0.25, 0.3) is 0 Å². The fourth-order valence-electron chi connectivity index (χ4n) is 2.75. The maximum absolute atomic E-state index is 12.4. The first-order valence-electron chi connectivity index (χ1n) is 7.54. The van der Waals surface area contributed by atoms with Crippen LogP contribution in [-0.2, 0) is 0 Å². The van der Waals surface area contributed by atoms with Crippen molar-refractivity contribution in [2.75, 3.05) is 26.2 Å². The first kappa shape index (κ1) is 16.8. The average molecular weight is 280 g/mol. The van der Waals surface area contributed by atoms with E-state index >= 15 is 0 Å². The lowest BCUT2D eigenvalue weighted by Gasteiger charge is -2.24. The zero-order valence-electron chi connectivity index (χ0n) is 11.9. The molecule has 0 aromatic heterocycles. The summed E-state index contributed by atoms with van der Waals surface area (Å²) in [5.74, 6) is 0. The number of alkyl halides is 3. The highest BCUT2D eigenvalue weighted by atomic mass is 19.4. The Bertz CT molecular complexity index is 223. The Hall–Kier alpha value is -0.290.